The van der Waals surface area contributed by atoms with Crippen molar-refractivity contribution >= 4 is 22.7 Å². The van der Waals surface area contributed by atoms with E-state index >= 15 is 0 Å². The molecule has 2 N–H and O–H groups in total. The average Bonchev–Trinajstić information content (AvgIpc) is 3.45. The summed E-state index contributed by atoms with van der Waals surface area (Å²) in [6.45, 7) is 1.86. The Labute approximate surface area is 176 Å². The van der Waals surface area contributed by atoms with Crippen LogP contribution >= 0.6 is 0 Å². The van der Waals surface area contributed by atoms with Gasteiger partial charge < -0.3 is 15.1 Å². The van der Waals surface area contributed by atoms with Gasteiger partial charge in [0, 0.05) is 18.6 Å². The lowest BCUT2D eigenvalue weighted by Gasteiger charge is -2.13. The van der Waals surface area contributed by atoms with E-state index in [2.05, 4.69) is 25.7 Å². The van der Waals surface area contributed by atoms with Crippen LogP contribution < -0.4 is 10.6 Å². The Morgan fingerprint density at radius 3 is 2.65 bits per heavy atom. The van der Waals surface area contributed by atoms with Crippen molar-refractivity contribution in [2.24, 2.45) is 0 Å². The Morgan fingerprint density at radius 1 is 1.16 bits per heavy atom. The first-order chi connectivity index (χ1) is 15.0. The molecule has 158 valence electrons. The van der Waals surface area contributed by atoms with Gasteiger partial charge in [-0.2, -0.15) is 5.10 Å². The molecule has 1 aromatic carbocycles. The van der Waals surface area contributed by atoms with Crippen LogP contribution in [0.15, 0.2) is 53.5 Å². The van der Waals surface area contributed by atoms with Crippen LogP contribution in [-0.4, -0.2) is 38.6 Å². The molecule has 0 fully saturated rings. The Balaban J connectivity index is 1.62. The first kappa shape index (κ1) is 20.2. The molecule has 4 aromatic rings. The normalized spacial score (nSPS) is 12.0. The zero-order chi connectivity index (χ0) is 22.0. The molecule has 3 heterocycles. The van der Waals surface area contributed by atoms with Crippen molar-refractivity contribution in [2.45, 2.75) is 19.4 Å². The van der Waals surface area contributed by atoms with Gasteiger partial charge in [0.05, 0.1) is 29.2 Å². The highest BCUT2D eigenvalue weighted by Gasteiger charge is 2.22. The number of amides is 2. The summed E-state index contributed by atoms with van der Waals surface area (Å²) < 4.78 is 20.2. The maximum Gasteiger partial charge on any atom is 0.272 e. The molecule has 0 bridgehead atoms. The highest BCUT2D eigenvalue weighted by molar-refractivity contribution is 6.06. The molecule has 2 amide bonds. The third kappa shape index (κ3) is 3.87. The second kappa shape index (κ2) is 8.34. The molecule has 1 atom stereocenters. The van der Waals surface area contributed by atoms with Gasteiger partial charge in [-0.15, -0.1) is 0 Å². The van der Waals surface area contributed by atoms with Crippen molar-refractivity contribution in [3.05, 3.63) is 72.1 Å². The van der Waals surface area contributed by atoms with E-state index in [0.717, 1.165) is 0 Å². The summed E-state index contributed by atoms with van der Waals surface area (Å²) in [5.41, 5.74) is 1.70. The summed E-state index contributed by atoms with van der Waals surface area (Å²) in [5.74, 6) is -0.881. The third-order valence-corrected chi connectivity index (χ3v) is 4.81. The number of carbonyl (C=O) groups excluding carboxylic acids is 2. The van der Waals surface area contributed by atoms with Gasteiger partial charge in [-0.1, -0.05) is 6.92 Å². The highest BCUT2D eigenvalue weighted by Crippen LogP contribution is 2.23. The lowest BCUT2D eigenvalue weighted by Crippen LogP contribution is -2.29. The van der Waals surface area contributed by atoms with Gasteiger partial charge >= 0.3 is 0 Å². The molecular weight excluding hydrogens is 403 g/mol. The van der Waals surface area contributed by atoms with Crippen LogP contribution in [0.2, 0.25) is 0 Å². The summed E-state index contributed by atoms with van der Waals surface area (Å²) in [6, 6.07) is 5.32. The fraction of sp³-hybridized carbons (Fsp3) is 0.190. The summed E-state index contributed by atoms with van der Waals surface area (Å²) in [5, 5.41) is 10.2. The standard InChI is InChI=1S/C21H19FN6O3/c1-3-16(21-27-17(11-31-21)20(30)23-2)26-19(29)15-8-24-10-18-14(15)9-25-28(18)13-6-4-12(22)5-7-13/h4-11,16H,3H2,1-2H3,(H,23,30)(H,26,29). The topological polar surface area (TPSA) is 115 Å². The lowest BCUT2D eigenvalue weighted by molar-refractivity contribution is 0.0929. The van der Waals surface area contributed by atoms with Crippen LogP contribution in [0.1, 0.15) is 46.1 Å². The lowest BCUT2D eigenvalue weighted by atomic mass is 10.1. The molecule has 0 aliphatic carbocycles. The van der Waals surface area contributed by atoms with Gasteiger partial charge in [0.15, 0.2) is 5.69 Å². The van der Waals surface area contributed by atoms with Gasteiger partial charge in [0.2, 0.25) is 5.89 Å². The minimum Gasteiger partial charge on any atom is -0.446 e. The SMILES string of the molecule is CCC(NC(=O)c1cncc2c1cnn2-c1ccc(F)cc1)c1nc(C(=O)NC)co1. The number of hydrogen-bond acceptors (Lipinski definition) is 6. The van der Waals surface area contributed by atoms with Crippen molar-refractivity contribution in [1.29, 1.82) is 0 Å². The number of aromatic nitrogens is 4. The monoisotopic (exact) mass is 422 g/mol. The number of rotatable bonds is 6. The van der Waals surface area contributed by atoms with Crippen LogP contribution in [0.25, 0.3) is 16.6 Å². The number of hydrogen-bond donors (Lipinski definition) is 2. The largest absolute Gasteiger partial charge is 0.446 e. The molecule has 0 spiro atoms. The van der Waals surface area contributed by atoms with E-state index < -0.39 is 6.04 Å². The van der Waals surface area contributed by atoms with E-state index in [9.17, 15) is 14.0 Å². The number of nitrogens with zero attached hydrogens (tertiary/aromatic N) is 4. The van der Waals surface area contributed by atoms with Crippen molar-refractivity contribution < 1.29 is 18.4 Å². The summed E-state index contributed by atoms with van der Waals surface area (Å²) >= 11 is 0. The van der Waals surface area contributed by atoms with Crippen molar-refractivity contribution in [3.63, 3.8) is 0 Å². The Kier molecular flexibility index (Phi) is 5.44. The number of pyridine rings is 1. The maximum atomic E-state index is 13.2. The second-order valence-electron chi connectivity index (χ2n) is 6.74. The average molecular weight is 422 g/mol. The molecule has 10 heteroatoms. The van der Waals surface area contributed by atoms with Gasteiger partial charge in [0.1, 0.15) is 18.1 Å². The summed E-state index contributed by atoms with van der Waals surface area (Å²) in [4.78, 5) is 33.0. The molecular formula is C21H19FN6O3. The van der Waals surface area contributed by atoms with E-state index in [1.807, 2.05) is 6.92 Å². The molecule has 3 aromatic heterocycles. The van der Waals surface area contributed by atoms with Crippen LogP contribution in [0.3, 0.4) is 0 Å². The van der Waals surface area contributed by atoms with Gasteiger partial charge in [0.25, 0.3) is 11.8 Å². The fourth-order valence-corrected chi connectivity index (χ4v) is 3.17. The predicted octanol–water partition coefficient (Wildman–Crippen LogP) is 2.79. The Morgan fingerprint density at radius 2 is 1.94 bits per heavy atom. The van der Waals surface area contributed by atoms with Crippen LogP contribution in [-0.2, 0) is 0 Å². The van der Waals surface area contributed by atoms with Crippen LogP contribution in [0.5, 0.6) is 0 Å². The number of fused-ring (bicyclic) bond motifs is 1. The molecule has 9 nitrogen and oxygen atoms in total. The highest BCUT2D eigenvalue weighted by atomic mass is 19.1. The van der Waals surface area contributed by atoms with E-state index in [1.54, 1.807) is 29.2 Å². The molecule has 31 heavy (non-hydrogen) atoms. The van der Waals surface area contributed by atoms with Crippen LogP contribution in [0, 0.1) is 5.82 Å². The van der Waals surface area contributed by atoms with E-state index in [1.165, 1.54) is 31.6 Å². The zero-order valence-corrected chi connectivity index (χ0v) is 16.8. The molecule has 1 unspecified atom stereocenters. The molecule has 0 saturated heterocycles. The Bertz CT molecular complexity index is 1250. The van der Waals surface area contributed by atoms with Gasteiger partial charge in [-0.3, -0.25) is 14.6 Å². The quantitative estimate of drug-likeness (QED) is 0.494. The number of oxazole rings is 1. The smallest absolute Gasteiger partial charge is 0.272 e. The van der Waals surface area contributed by atoms with Crippen molar-refractivity contribution in [1.82, 2.24) is 30.4 Å². The molecule has 0 aliphatic rings. The minimum atomic E-state index is -0.534. The number of carbonyl (C=O) groups is 2. The maximum absolute atomic E-state index is 13.2. The minimum absolute atomic E-state index is 0.134. The van der Waals surface area contributed by atoms with Crippen molar-refractivity contribution in [2.75, 3.05) is 7.05 Å². The number of halogens is 1. The third-order valence-electron chi connectivity index (χ3n) is 4.81. The molecule has 4 rings (SSSR count). The fourth-order valence-electron chi connectivity index (χ4n) is 3.17. The van der Waals surface area contributed by atoms with Gasteiger partial charge in [-0.05, 0) is 30.7 Å². The van der Waals surface area contributed by atoms with E-state index in [4.69, 9.17) is 4.42 Å². The van der Waals surface area contributed by atoms with Crippen LogP contribution in [0.4, 0.5) is 4.39 Å². The van der Waals surface area contributed by atoms with E-state index in [0.29, 0.717) is 28.6 Å². The van der Waals surface area contributed by atoms with Crippen molar-refractivity contribution in [3.8, 4) is 5.69 Å². The summed E-state index contributed by atoms with van der Waals surface area (Å²) in [6.07, 6.45) is 6.34. The predicted molar refractivity (Wildman–Crippen MR) is 109 cm³/mol. The first-order valence-electron chi connectivity index (χ1n) is 9.57. The number of benzene rings is 1. The van der Waals surface area contributed by atoms with Gasteiger partial charge in [-0.25, -0.2) is 14.1 Å². The van der Waals surface area contributed by atoms with E-state index in [-0.39, 0.29) is 29.2 Å². The summed E-state index contributed by atoms with van der Waals surface area (Å²) in [7, 11) is 1.50. The Hall–Kier alpha value is -4.08. The molecule has 0 radical (unpaired) electrons. The second-order valence-corrected chi connectivity index (χ2v) is 6.74. The number of nitrogens with one attached hydrogen (secondary N) is 2. The zero-order valence-electron chi connectivity index (χ0n) is 16.8. The first-order valence-corrected chi connectivity index (χ1v) is 9.57. The molecule has 0 aliphatic heterocycles. The molecule has 0 saturated carbocycles.